The van der Waals surface area contributed by atoms with Gasteiger partial charge in [-0.1, -0.05) is 0 Å². The molecule has 0 aromatic heterocycles. The van der Waals surface area contributed by atoms with E-state index in [1.165, 1.54) is 0 Å². The van der Waals surface area contributed by atoms with Gasteiger partial charge < -0.3 is 0 Å². The third-order valence-corrected chi connectivity index (χ3v) is 0.964. The molecular weight excluding hydrogens is 181 g/mol. The molecule has 0 N–H and O–H groups in total. The van der Waals surface area contributed by atoms with Gasteiger partial charge in [0.2, 0.25) is 0 Å². The predicted octanol–water partition coefficient (Wildman–Crippen LogP) is 2.69. The highest BCUT2D eigenvalue weighted by Gasteiger charge is 2.58. The van der Waals surface area contributed by atoms with Crippen LogP contribution in [0.1, 0.15) is 6.92 Å². The first-order valence-electron chi connectivity index (χ1n) is 2.23. The fourth-order valence-electron chi connectivity index (χ4n) is 0.124. The summed E-state index contributed by atoms with van der Waals surface area (Å²) >= 11 is 0. The molecule has 0 aliphatic carbocycles. The molecule has 1 atom stereocenters. The van der Waals surface area contributed by atoms with Crippen LogP contribution in [0.25, 0.3) is 0 Å². The zero-order chi connectivity index (χ0) is 8.58. The van der Waals surface area contributed by atoms with Crippen molar-refractivity contribution in [3.63, 3.8) is 0 Å². The molecule has 0 saturated carbocycles. The molecule has 11 heavy (non-hydrogen) atoms. The molecule has 0 heterocycles. The van der Waals surface area contributed by atoms with Gasteiger partial charge in [-0.05, 0) is 6.92 Å². The van der Waals surface area contributed by atoms with Gasteiger partial charge in [0.1, 0.15) is 0 Å². The second-order valence-corrected chi connectivity index (χ2v) is 1.87. The van der Waals surface area contributed by atoms with Gasteiger partial charge in [-0.3, -0.25) is 4.70 Å². The second-order valence-electron chi connectivity index (χ2n) is 1.87. The van der Waals surface area contributed by atoms with E-state index in [-0.39, 0.29) is 11.6 Å². The molecule has 0 saturated heterocycles. The maximum absolute atomic E-state index is 11.8. The number of hydrogen-bond donors (Lipinski definition) is 0. The minimum absolute atomic E-state index is 0. The van der Waals surface area contributed by atoms with Gasteiger partial charge in [0.15, 0.2) is 0 Å². The zero-order valence-electron chi connectivity index (χ0n) is 5.25. The van der Waals surface area contributed by atoms with Crippen molar-refractivity contribution in [2.75, 3.05) is 0 Å². The minimum atomic E-state index is -5.50. The van der Waals surface area contributed by atoms with Crippen molar-refractivity contribution in [3.05, 3.63) is 0 Å². The van der Waals surface area contributed by atoms with Crippen LogP contribution in [0.3, 0.4) is 0 Å². The van der Waals surface area contributed by atoms with Crippen LogP contribution < -0.4 is 0 Å². The molecule has 0 rings (SSSR count). The Bertz CT molecular complexity index is 112. The summed E-state index contributed by atoms with van der Waals surface area (Å²) in [5.41, 5.74) is -4.40. The van der Waals surface area contributed by atoms with Gasteiger partial charge in [-0.2, -0.15) is 13.2 Å². The Hall–Kier alpha value is -0.490. The molecule has 0 spiro atoms. The molecule has 0 aliphatic heterocycles. The van der Waals surface area contributed by atoms with Crippen molar-refractivity contribution in [2.45, 2.75) is 25.2 Å². The fourth-order valence-corrected chi connectivity index (χ4v) is 0.124. The highest BCUT2D eigenvalue weighted by molar-refractivity contribution is 4.84. The lowest BCUT2D eigenvalue weighted by atomic mass is 10.1. The third-order valence-electron chi connectivity index (χ3n) is 0.964. The van der Waals surface area contributed by atoms with Crippen LogP contribution >= 0.6 is 0 Å². The second kappa shape index (κ2) is 3.27. The van der Waals surface area contributed by atoms with Gasteiger partial charge in [0.05, 0.1) is 0 Å². The monoisotopic (exact) mass is 186 g/mol. The molecular formula is C4H5F7. The molecule has 0 fully saturated rings. The summed E-state index contributed by atoms with van der Waals surface area (Å²) in [5.74, 6) is 0. The lowest BCUT2D eigenvalue weighted by Crippen LogP contribution is -2.44. The average Bonchev–Trinajstić information content (AvgIpc) is 1.62. The quantitative estimate of drug-likeness (QED) is 0.552. The molecule has 0 radical (unpaired) electrons. The normalized spacial score (nSPS) is 17.5. The number of halogens is 7. The van der Waals surface area contributed by atoms with Gasteiger partial charge >= 0.3 is 6.18 Å². The first kappa shape index (κ1) is 13.1. The van der Waals surface area contributed by atoms with Crippen molar-refractivity contribution in [3.8, 4) is 0 Å². The molecule has 0 aromatic carbocycles. The van der Waals surface area contributed by atoms with Crippen LogP contribution in [-0.2, 0) is 0 Å². The summed E-state index contributed by atoms with van der Waals surface area (Å²) in [6.07, 6.45) is -9.53. The van der Waals surface area contributed by atoms with Crippen molar-refractivity contribution in [2.24, 2.45) is 0 Å². The summed E-state index contributed by atoms with van der Waals surface area (Å²) in [5, 5.41) is 0. The molecule has 0 aromatic rings. The van der Waals surface area contributed by atoms with E-state index in [0.29, 0.717) is 0 Å². The van der Waals surface area contributed by atoms with E-state index >= 15 is 0 Å². The summed E-state index contributed by atoms with van der Waals surface area (Å²) in [7, 11) is 0. The van der Waals surface area contributed by atoms with Crippen LogP contribution in [0.5, 0.6) is 0 Å². The van der Waals surface area contributed by atoms with Crippen LogP contribution in [-0.4, -0.2) is 18.3 Å². The first-order chi connectivity index (χ1) is 4.19. The number of rotatable bonds is 1. The lowest BCUT2D eigenvalue weighted by Gasteiger charge is -2.21. The maximum Gasteiger partial charge on any atom is 0.427 e. The Balaban J connectivity index is 0. The summed E-state index contributed by atoms with van der Waals surface area (Å²) in [6, 6.07) is 0. The lowest BCUT2D eigenvalue weighted by molar-refractivity contribution is -0.260. The van der Waals surface area contributed by atoms with E-state index in [1.54, 1.807) is 0 Å². The predicted molar refractivity (Wildman–Crippen MR) is 24.1 cm³/mol. The SMILES string of the molecule is CC(F)(C(F)F)C(F)(F)F.F. The highest BCUT2D eigenvalue weighted by atomic mass is 19.4. The Morgan fingerprint density at radius 2 is 1.27 bits per heavy atom. The molecule has 70 valence electrons. The number of hydrogen-bond acceptors (Lipinski definition) is 0. The molecule has 0 amide bonds. The average molecular weight is 186 g/mol. The minimum Gasteiger partial charge on any atom is -0.269 e. The molecule has 7 heteroatoms. The molecule has 1 unspecified atom stereocenters. The largest absolute Gasteiger partial charge is 0.427 e. The van der Waals surface area contributed by atoms with E-state index in [2.05, 4.69) is 0 Å². The van der Waals surface area contributed by atoms with E-state index in [4.69, 9.17) is 0 Å². The standard InChI is InChI=1S/C4H4F6.FH/c1-3(7,2(5)6)4(8,9)10;/h2H,1H3;1H. The molecule has 0 aliphatic rings. The van der Waals surface area contributed by atoms with Crippen molar-refractivity contribution < 1.29 is 31.0 Å². The topological polar surface area (TPSA) is 0 Å². The van der Waals surface area contributed by atoms with Gasteiger partial charge in [-0.25, -0.2) is 13.2 Å². The van der Waals surface area contributed by atoms with E-state index in [1.807, 2.05) is 0 Å². The molecule has 0 bridgehead atoms. The smallest absolute Gasteiger partial charge is 0.269 e. The van der Waals surface area contributed by atoms with Crippen molar-refractivity contribution in [1.82, 2.24) is 0 Å². The van der Waals surface area contributed by atoms with E-state index < -0.39 is 18.3 Å². The first-order valence-corrected chi connectivity index (χ1v) is 2.23. The zero-order valence-corrected chi connectivity index (χ0v) is 5.25. The Morgan fingerprint density at radius 3 is 1.27 bits per heavy atom. The summed E-state index contributed by atoms with van der Waals surface area (Å²) in [4.78, 5) is 0. The van der Waals surface area contributed by atoms with E-state index in [0.717, 1.165) is 0 Å². The summed E-state index contributed by atoms with van der Waals surface area (Å²) < 4.78 is 68.0. The van der Waals surface area contributed by atoms with Gasteiger partial charge in [0.25, 0.3) is 12.1 Å². The Morgan fingerprint density at radius 1 is 1.00 bits per heavy atom. The molecule has 0 nitrogen and oxygen atoms in total. The number of alkyl halides is 6. The summed E-state index contributed by atoms with van der Waals surface area (Å²) in [6.45, 7) is -0.197. The van der Waals surface area contributed by atoms with Crippen LogP contribution in [0.4, 0.5) is 31.0 Å². The highest BCUT2D eigenvalue weighted by Crippen LogP contribution is 2.37. The Labute approximate surface area is 57.6 Å². The van der Waals surface area contributed by atoms with Crippen LogP contribution in [0, 0.1) is 0 Å². The third kappa shape index (κ3) is 2.55. The van der Waals surface area contributed by atoms with Crippen LogP contribution in [0.15, 0.2) is 0 Å². The fraction of sp³-hybridized carbons (Fsp3) is 1.00. The van der Waals surface area contributed by atoms with Crippen LogP contribution in [0.2, 0.25) is 0 Å². The van der Waals surface area contributed by atoms with Crippen molar-refractivity contribution >= 4 is 0 Å². The van der Waals surface area contributed by atoms with E-state index in [9.17, 15) is 26.3 Å². The van der Waals surface area contributed by atoms with Gasteiger partial charge in [-0.15, -0.1) is 0 Å². The maximum atomic E-state index is 11.8. The Kier molecular flexibility index (Phi) is 3.90. The van der Waals surface area contributed by atoms with Gasteiger partial charge in [0, 0.05) is 0 Å². The van der Waals surface area contributed by atoms with Crippen molar-refractivity contribution in [1.29, 1.82) is 0 Å².